The third-order valence-corrected chi connectivity index (χ3v) is 3.98. The molecule has 7 heteroatoms. The number of H-pyrrole nitrogens is 1. The number of amides is 2. The first-order valence-electron chi connectivity index (χ1n) is 8.12. The highest BCUT2D eigenvalue weighted by atomic mass is 16.7. The predicted octanol–water partition coefficient (Wildman–Crippen LogP) is 2.33. The molecule has 0 fully saturated rings. The maximum absolute atomic E-state index is 11.9. The van der Waals surface area contributed by atoms with Crippen molar-refractivity contribution in [3.05, 3.63) is 53.9 Å². The van der Waals surface area contributed by atoms with Crippen molar-refractivity contribution in [1.82, 2.24) is 20.6 Å². The topological polar surface area (TPSA) is 88.3 Å². The van der Waals surface area contributed by atoms with E-state index in [0.717, 1.165) is 28.2 Å². The number of hydrogen-bond donors (Lipinski definition) is 3. The number of ether oxygens (including phenoxy) is 2. The molecule has 0 bridgehead atoms. The summed E-state index contributed by atoms with van der Waals surface area (Å²) in [7, 11) is 0. The Balaban J connectivity index is 1.24. The van der Waals surface area contributed by atoms with Crippen LogP contribution in [0.5, 0.6) is 11.5 Å². The van der Waals surface area contributed by atoms with Crippen LogP contribution in [0.3, 0.4) is 0 Å². The summed E-state index contributed by atoms with van der Waals surface area (Å²) in [6.07, 6.45) is 0.645. The maximum atomic E-state index is 11.9. The van der Waals surface area contributed by atoms with E-state index in [-0.39, 0.29) is 12.8 Å². The quantitative estimate of drug-likeness (QED) is 0.666. The number of imidazole rings is 1. The molecule has 1 aliphatic rings. The molecule has 3 aromatic rings. The standard InChI is InChI=1S/C18H18N4O3/c23-18(20-10-12-5-6-15-16(9-12)25-11-24-15)19-8-7-17-21-13-3-1-2-4-14(13)22-17/h1-6,9H,7-8,10-11H2,(H,21,22)(H2,19,20,23). The van der Waals surface area contributed by atoms with Gasteiger partial charge < -0.3 is 25.1 Å². The fraction of sp³-hybridized carbons (Fsp3) is 0.222. The number of nitrogens with one attached hydrogen (secondary N) is 3. The molecule has 7 nitrogen and oxygen atoms in total. The third kappa shape index (κ3) is 3.50. The van der Waals surface area contributed by atoms with Crippen LogP contribution in [-0.2, 0) is 13.0 Å². The summed E-state index contributed by atoms with van der Waals surface area (Å²) in [4.78, 5) is 19.6. The van der Waals surface area contributed by atoms with E-state index in [1.807, 2.05) is 42.5 Å². The molecule has 1 aromatic heterocycles. The number of para-hydroxylation sites is 2. The smallest absolute Gasteiger partial charge is 0.315 e. The van der Waals surface area contributed by atoms with Gasteiger partial charge in [0.15, 0.2) is 11.5 Å². The molecule has 25 heavy (non-hydrogen) atoms. The van der Waals surface area contributed by atoms with Gasteiger partial charge in [-0.15, -0.1) is 0 Å². The first-order valence-corrected chi connectivity index (χ1v) is 8.12. The lowest BCUT2D eigenvalue weighted by Gasteiger charge is -2.07. The van der Waals surface area contributed by atoms with Gasteiger partial charge in [0.05, 0.1) is 11.0 Å². The molecule has 0 unspecified atom stereocenters. The third-order valence-electron chi connectivity index (χ3n) is 3.98. The molecule has 0 aliphatic carbocycles. The van der Waals surface area contributed by atoms with Gasteiger partial charge in [-0.05, 0) is 29.8 Å². The van der Waals surface area contributed by atoms with Crippen LogP contribution in [0.1, 0.15) is 11.4 Å². The number of nitrogens with zero attached hydrogens (tertiary/aromatic N) is 1. The lowest BCUT2D eigenvalue weighted by Crippen LogP contribution is -2.36. The van der Waals surface area contributed by atoms with Gasteiger partial charge in [-0.2, -0.15) is 0 Å². The largest absolute Gasteiger partial charge is 0.454 e. The average Bonchev–Trinajstić information content (AvgIpc) is 3.25. The Morgan fingerprint density at radius 1 is 1.12 bits per heavy atom. The van der Waals surface area contributed by atoms with Crippen molar-refractivity contribution >= 4 is 17.1 Å². The van der Waals surface area contributed by atoms with Gasteiger partial charge in [-0.25, -0.2) is 9.78 Å². The number of aromatic amines is 1. The Hall–Kier alpha value is -3.22. The van der Waals surface area contributed by atoms with E-state index < -0.39 is 0 Å². The van der Waals surface area contributed by atoms with Crippen molar-refractivity contribution in [3.8, 4) is 11.5 Å². The number of rotatable bonds is 5. The van der Waals surface area contributed by atoms with Crippen LogP contribution < -0.4 is 20.1 Å². The second kappa shape index (κ2) is 6.72. The normalized spacial score (nSPS) is 12.3. The summed E-state index contributed by atoms with van der Waals surface area (Å²) in [6.45, 7) is 1.17. The van der Waals surface area contributed by atoms with E-state index >= 15 is 0 Å². The van der Waals surface area contributed by atoms with Gasteiger partial charge in [-0.1, -0.05) is 18.2 Å². The van der Waals surface area contributed by atoms with E-state index in [4.69, 9.17) is 9.47 Å². The molecule has 2 aromatic carbocycles. The van der Waals surface area contributed by atoms with E-state index in [1.165, 1.54) is 0 Å². The number of benzene rings is 2. The second-order valence-corrected chi connectivity index (χ2v) is 5.75. The summed E-state index contributed by atoms with van der Waals surface area (Å²) in [6, 6.07) is 13.3. The summed E-state index contributed by atoms with van der Waals surface area (Å²) < 4.78 is 10.6. The molecule has 3 N–H and O–H groups in total. The second-order valence-electron chi connectivity index (χ2n) is 5.75. The highest BCUT2D eigenvalue weighted by Crippen LogP contribution is 2.32. The van der Waals surface area contributed by atoms with E-state index in [9.17, 15) is 4.79 Å². The van der Waals surface area contributed by atoms with Crippen LogP contribution in [0.4, 0.5) is 4.79 Å². The van der Waals surface area contributed by atoms with Crippen molar-refractivity contribution in [2.45, 2.75) is 13.0 Å². The molecule has 1 aliphatic heterocycles. The molecule has 0 spiro atoms. The Morgan fingerprint density at radius 3 is 2.92 bits per heavy atom. The van der Waals surface area contributed by atoms with Crippen LogP contribution in [-0.4, -0.2) is 29.3 Å². The van der Waals surface area contributed by atoms with E-state index in [0.29, 0.717) is 25.3 Å². The molecule has 0 saturated heterocycles. The van der Waals surface area contributed by atoms with Crippen molar-refractivity contribution in [3.63, 3.8) is 0 Å². The Labute approximate surface area is 144 Å². The van der Waals surface area contributed by atoms with Gasteiger partial charge in [0.2, 0.25) is 6.79 Å². The lowest BCUT2D eigenvalue weighted by atomic mass is 10.2. The minimum absolute atomic E-state index is 0.214. The molecule has 2 amide bonds. The minimum atomic E-state index is -0.214. The average molecular weight is 338 g/mol. The summed E-state index contributed by atoms with van der Waals surface area (Å²) in [5, 5.41) is 5.66. The molecule has 128 valence electrons. The Bertz CT molecular complexity index is 873. The zero-order valence-corrected chi connectivity index (χ0v) is 13.5. The van der Waals surface area contributed by atoms with Gasteiger partial charge in [-0.3, -0.25) is 0 Å². The zero-order chi connectivity index (χ0) is 17.1. The number of carbonyl (C=O) groups is 1. The number of aromatic nitrogens is 2. The van der Waals surface area contributed by atoms with Crippen molar-refractivity contribution < 1.29 is 14.3 Å². The number of fused-ring (bicyclic) bond motifs is 2. The molecular formula is C18H18N4O3. The zero-order valence-electron chi connectivity index (χ0n) is 13.5. The predicted molar refractivity (Wildman–Crippen MR) is 92.6 cm³/mol. The van der Waals surface area contributed by atoms with E-state index in [1.54, 1.807) is 0 Å². The van der Waals surface area contributed by atoms with Gasteiger partial charge >= 0.3 is 6.03 Å². The number of urea groups is 1. The fourth-order valence-corrected chi connectivity index (χ4v) is 2.71. The SMILES string of the molecule is O=C(NCCc1nc2ccccc2[nH]1)NCc1ccc2c(c1)OCO2. The van der Waals surface area contributed by atoms with Crippen LogP contribution in [0.15, 0.2) is 42.5 Å². The Kier molecular flexibility index (Phi) is 4.12. The molecule has 0 radical (unpaired) electrons. The molecule has 4 rings (SSSR count). The van der Waals surface area contributed by atoms with Crippen molar-refractivity contribution in [1.29, 1.82) is 0 Å². The van der Waals surface area contributed by atoms with Crippen LogP contribution in [0, 0.1) is 0 Å². The number of carbonyl (C=O) groups excluding carboxylic acids is 1. The summed E-state index contributed by atoms with van der Waals surface area (Å²) in [5.74, 6) is 2.31. The van der Waals surface area contributed by atoms with Gasteiger partial charge in [0.25, 0.3) is 0 Å². The highest BCUT2D eigenvalue weighted by molar-refractivity contribution is 5.75. The molecule has 0 atom stereocenters. The van der Waals surface area contributed by atoms with Crippen molar-refractivity contribution in [2.75, 3.05) is 13.3 Å². The summed E-state index contributed by atoms with van der Waals surface area (Å²) in [5.41, 5.74) is 2.89. The van der Waals surface area contributed by atoms with Gasteiger partial charge in [0, 0.05) is 19.5 Å². The number of hydrogen-bond acceptors (Lipinski definition) is 4. The first-order chi connectivity index (χ1) is 12.3. The van der Waals surface area contributed by atoms with Crippen molar-refractivity contribution in [2.24, 2.45) is 0 Å². The highest BCUT2D eigenvalue weighted by Gasteiger charge is 2.13. The summed E-state index contributed by atoms with van der Waals surface area (Å²) >= 11 is 0. The lowest BCUT2D eigenvalue weighted by molar-refractivity contribution is 0.174. The Morgan fingerprint density at radius 2 is 2.00 bits per heavy atom. The van der Waals surface area contributed by atoms with Gasteiger partial charge in [0.1, 0.15) is 5.82 Å². The minimum Gasteiger partial charge on any atom is -0.454 e. The molecule has 2 heterocycles. The molecular weight excluding hydrogens is 320 g/mol. The first kappa shape index (κ1) is 15.3. The fourth-order valence-electron chi connectivity index (χ4n) is 2.71. The monoisotopic (exact) mass is 338 g/mol. The maximum Gasteiger partial charge on any atom is 0.315 e. The van der Waals surface area contributed by atoms with Crippen LogP contribution in [0.2, 0.25) is 0 Å². The van der Waals surface area contributed by atoms with Crippen LogP contribution in [0.25, 0.3) is 11.0 Å². The van der Waals surface area contributed by atoms with Crippen LogP contribution >= 0.6 is 0 Å². The van der Waals surface area contributed by atoms with E-state index in [2.05, 4.69) is 20.6 Å². The molecule has 0 saturated carbocycles.